The molecule has 220 valence electrons. The lowest BCUT2D eigenvalue weighted by atomic mass is 9.48. The number of aryl methyl sites for hydroxylation is 1. The number of nitrogens with zero attached hydrogens (tertiary/aromatic N) is 2. The Morgan fingerprint density at radius 3 is 2.81 bits per heavy atom. The molecule has 7 nitrogen and oxygen atoms in total. The fourth-order valence-corrected chi connectivity index (χ4v) is 8.43. The number of rotatable bonds is 6. The van der Waals surface area contributed by atoms with Crippen molar-refractivity contribution in [3.63, 3.8) is 0 Å². The van der Waals surface area contributed by atoms with Crippen LogP contribution in [0.1, 0.15) is 62.3 Å². The molecule has 2 aromatic carbocycles. The molecule has 1 amide bonds. The van der Waals surface area contributed by atoms with Gasteiger partial charge in [-0.3, -0.25) is 14.5 Å². The maximum absolute atomic E-state index is 13.9. The van der Waals surface area contributed by atoms with Crippen molar-refractivity contribution in [2.75, 3.05) is 19.6 Å². The van der Waals surface area contributed by atoms with Crippen molar-refractivity contribution < 1.29 is 24.2 Å². The predicted octanol–water partition coefficient (Wildman–Crippen LogP) is 4.52. The van der Waals surface area contributed by atoms with Crippen molar-refractivity contribution in [2.45, 2.75) is 82.6 Å². The second-order valence-corrected chi connectivity index (χ2v) is 12.8. The summed E-state index contributed by atoms with van der Waals surface area (Å²) in [5, 5.41) is 11.1. The number of phenols is 1. The summed E-state index contributed by atoms with van der Waals surface area (Å²) in [6, 6.07) is 11.1. The number of ether oxygens (including phenoxy) is 2. The van der Waals surface area contributed by atoms with E-state index in [0.717, 1.165) is 28.8 Å². The van der Waals surface area contributed by atoms with Crippen LogP contribution in [0.5, 0.6) is 11.5 Å². The first-order valence-electron chi connectivity index (χ1n) is 15.1. The van der Waals surface area contributed by atoms with Crippen LogP contribution in [0.15, 0.2) is 49.1 Å². The van der Waals surface area contributed by atoms with Crippen LogP contribution < -0.4 is 4.74 Å². The Kier molecular flexibility index (Phi) is 7.09. The zero-order valence-corrected chi connectivity index (χ0v) is 25.0. The maximum Gasteiger partial charge on any atom is 0.303 e. The van der Waals surface area contributed by atoms with Crippen molar-refractivity contribution in [3.8, 4) is 23.3 Å². The van der Waals surface area contributed by atoms with E-state index in [1.165, 1.54) is 6.92 Å². The molecule has 5 atom stereocenters. The van der Waals surface area contributed by atoms with Gasteiger partial charge in [-0.2, -0.15) is 0 Å². The molecule has 1 saturated heterocycles. The number of likely N-dealkylation sites (tertiary alicyclic amines) is 1. The van der Waals surface area contributed by atoms with E-state index in [0.29, 0.717) is 44.5 Å². The van der Waals surface area contributed by atoms with Crippen LogP contribution in [-0.4, -0.2) is 70.2 Å². The molecule has 0 unspecified atom stereocenters. The molecule has 2 aromatic rings. The largest absolute Gasteiger partial charge is 0.504 e. The van der Waals surface area contributed by atoms with E-state index in [2.05, 4.69) is 37.2 Å². The van der Waals surface area contributed by atoms with Crippen LogP contribution in [0.3, 0.4) is 0 Å². The SMILES string of the molecule is C=CCN1CC[C@]23c4c5ccc(O)c4O[C@H]2[C@H](N(CC(C)C)C(=O)C#Cc2cccc(C)c2)CC[C@@]3(OC(C)=O)[C@H]1C5. The van der Waals surface area contributed by atoms with Crippen LogP contribution in [-0.2, 0) is 26.2 Å². The summed E-state index contributed by atoms with van der Waals surface area (Å²) in [5.74, 6) is 6.19. The first-order valence-corrected chi connectivity index (χ1v) is 15.1. The molecule has 2 aliphatic heterocycles. The number of hydrogen-bond donors (Lipinski definition) is 1. The van der Waals surface area contributed by atoms with Crippen LogP contribution in [0, 0.1) is 24.7 Å². The summed E-state index contributed by atoms with van der Waals surface area (Å²) in [6.07, 6.45) is 3.94. The summed E-state index contributed by atoms with van der Waals surface area (Å²) in [6.45, 7) is 13.6. The van der Waals surface area contributed by atoms with Gasteiger partial charge in [0.2, 0.25) is 0 Å². The van der Waals surface area contributed by atoms with Gasteiger partial charge in [-0.15, -0.1) is 6.58 Å². The topological polar surface area (TPSA) is 79.3 Å². The van der Waals surface area contributed by atoms with Gasteiger partial charge in [0, 0.05) is 43.6 Å². The van der Waals surface area contributed by atoms with Gasteiger partial charge in [-0.25, -0.2) is 0 Å². The van der Waals surface area contributed by atoms with Gasteiger partial charge in [0.05, 0.1) is 17.5 Å². The van der Waals surface area contributed by atoms with Gasteiger partial charge in [-0.1, -0.05) is 44.0 Å². The number of carbonyl (C=O) groups is 2. The highest BCUT2D eigenvalue weighted by Crippen LogP contribution is 2.67. The zero-order chi connectivity index (χ0) is 29.8. The summed E-state index contributed by atoms with van der Waals surface area (Å²) in [7, 11) is 0. The van der Waals surface area contributed by atoms with E-state index in [4.69, 9.17) is 9.47 Å². The Balaban J connectivity index is 1.48. The average molecular weight is 569 g/mol. The van der Waals surface area contributed by atoms with Gasteiger partial charge in [-0.05, 0) is 67.9 Å². The number of esters is 1. The molecule has 0 radical (unpaired) electrons. The first-order chi connectivity index (χ1) is 20.1. The minimum Gasteiger partial charge on any atom is -0.504 e. The smallest absolute Gasteiger partial charge is 0.303 e. The molecule has 6 rings (SSSR count). The van der Waals surface area contributed by atoms with E-state index in [1.54, 1.807) is 6.07 Å². The molecule has 1 saturated carbocycles. The van der Waals surface area contributed by atoms with Crippen molar-refractivity contribution in [1.29, 1.82) is 0 Å². The predicted molar refractivity (Wildman–Crippen MR) is 160 cm³/mol. The highest BCUT2D eigenvalue weighted by Gasteiger charge is 2.75. The van der Waals surface area contributed by atoms with Gasteiger partial charge in [0.25, 0.3) is 5.91 Å². The quantitative estimate of drug-likeness (QED) is 0.314. The summed E-state index contributed by atoms with van der Waals surface area (Å²) >= 11 is 0. The molecule has 2 fully saturated rings. The van der Waals surface area contributed by atoms with Crippen LogP contribution in [0.25, 0.3) is 0 Å². The number of benzene rings is 2. The first kappa shape index (κ1) is 28.4. The third-order valence-electron chi connectivity index (χ3n) is 9.75. The molecule has 2 bridgehead atoms. The molecule has 42 heavy (non-hydrogen) atoms. The fraction of sp³-hybridized carbons (Fsp3) is 0.486. The molecule has 2 heterocycles. The van der Waals surface area contributed by atoms with Crippen molar-refractivity contribution in [2.24, 2.45) is 5.92 Å². The van der Waals surface area contributed by atoms with Crippen LogP contribution >= 0.6 is 0 Å². The van der Waals surface area contributed by atoms with E-state index >= 15 is 0 Å². The molecule has 1 spiro atoms. The Morgan fingerprint density at radius 1 is 1.29 bits per heavy atom. The summed E-state index contributed by atoms with van der Waals surface area (Å²) in [4.78, 5) is 31.0. The lowest BCUT2D eigenvalue weighted by Crippen LogP contribution is -2.79. The molecular weight excluding hydrogens is 528 g/mol. The minimum absolute atomic E-state index is 0.0708. The van der Waals surface area contributed by atoms with Crippen LogP contribution in [0.4, 0.5) is 0 Å². The lowest BCUT2D eigenvalue weighted by Gasteiger charge is -2.65. The van der Waals surface area contributed by atoms with Crippen molar-refractivity contribution in [1.82, 2.24) is 9.80 Å². The molecule has 4 aliphatic rings. The van der Waals surface area contributed by atoms with Crippen LogP contribution in [0.2, 0.25) is 0 Å². The highest BCUT2D eigenvalue weighted by atomic mass is 16.6. The Hall–Kier alpha value is -3.76. The maximum atomic E-state index is 13.9. The number of hydrogen-bond acceptors (Lipinski definition) is 6. The van der Waals surface area contributed by atoms with Gasteiger partial charge in [0.15, 0.2) is 11.5 Å². The molecular formula is C35H40N2O5. The monoisotopic (exact) mass is 568 g/mol. The third kappa shape index (κ3) is 4.22. The molecule has 2 aliphatic carbocycles. The van der Waals surface area contributed by atoms with Crippen molar-refractivity contribution in [3.05, 3.63) is 71.3 Å². The normalized spacial score (nSPS) is 28.6. The molecule has 1 N–H and O–H groups in total. The average Bonchev–Trinajstić information content (AvgIpc) is 3.29. The lowest BCUT2D eigenvalue weighted by molar-refractivity contribution is -0.223. The molecule has 7 heteroatoms. The Morgan fingerprint density at radius 2 is 2.10 bits per heavy atom. The van der Waals surface area contributed by atoms with Gasteiger partial charge >= 0.3 is 5.97 Å². The summed E-state index contributed by atoms with van der Waals surface area (Å²) < 4.78 is 13.3. The van der Waals surface area contributed by atoms with Gasteiger partial charge < -0.3 is 19.5 Å². The van der Waals surface area contributed by atoms with E-state index in [9.17, 15) is 14.7 Å². The number of aromatic hydroxyl groups is 1. The number of carbonyl (C=O) groups excluding carboxylic acids is 2. The number of piperidine rings is 1. The second-order valence-electron chi connectivity index (χ2n) is 12.8. The van der Waals surface area contributed by atoms with Crippen molar-refractivity contribution >= 4 is 11.9 Å². The third-order valence-corrected chi connectivity index (χ3v) is 9.75. The van der Waals surface area contributed by atoms with E-state index in [-0.39, 0.29) is 35.6 Å². The highest BCUT2D eigenvalue weighted by molar-refractivity contribution is 5.94. The fourth-order valence-electron chi connectivity index (χ4n) is 8.43. The van der Waals surface area contributed by atoms with E-state index < -0.39 is 17.1 Å². The zero-order valence-electron chi connectivity index (χ0n) is 25.0. The standard InChI is InChI=1S/C35H40N2O5/c1-6-17-36-18-16-34-31-26-11-12-28(39)32(31)41-33(34)27(14-15-35(34,29(36)20-26)42-24(5)38)37(21-22(2)3)30(40)13-10-25-9-7-8-23(4)19-25/h6-9,11-12,19,22,27,29,33,39H,1,14-18,20-21H2,2-5H3/t27-,29-,33+,34+,35-/m1/s1. The Bertz CT molecular complexity index is 1500. The number of amides is 1. The second kappa shape index (κ2) is 10.5. The van der Waals surface area contributed by atoms with Gasteiger partial charge in [0.1, 0.15) is 11.7 Å². The summed E-state index contributed by atoms with van der Waals surface area (Å²) in [5.41, 5.74) is 2.39. The Labute approximate surface area is 248 Å². The van der Waals surface area contributed by atoms with E-state index in [1.807, 2.05) is 48.2 Å². The molecule has 0 aromatic heterocycles. The number of phenolic OH excluding ortho intramolecular Hbond substituents is 1. The minimum atomic E-state index is -0.854.